The van der Waals surface area contributed by atoms with Crippen LogP contribution < -0.4 is 5.73 Å². The van der Waals surface area contributed by atoms with Gasteiger partial charge in [0.1, 0.15) is 0 Å². The summed E-state index contributed by atoms with van der Waals surface area (Å²) in [6.45, 7) is 6.56. The molecule has 2 heterocycles. The fourth-order valence-corrected chi connectivity index (χ4v) is 3.01. The summed E-state index contributed by atoms with van der Waals surface area (Å²) >= 11 is 0. The Bertz CT molecular complexity index is 223. The van der Waals surface area contributed by atoms with Crippen molar-refractivity contribution in [2.75, 3.05) is 53.1 Å². The molecule has 0 aliphatic carbocycles. The summed E-state index contributed by atoms with van der Waals surface area (Å²) in [6, 6.07) is 0. The lowest BCUT2D eigenvalue weighted by atomic mass is 9.86. The third-order valence-corrected chi connectivity index (χ3v) is 4.13. The van der Waals surface area contributed by atoms with E-state index in [2.05, 4.69) is 11.9 Å². The van der Waals surface area contributed by atoms with Crippen LogP contribution >= 0.6 is 0 Å². The monoisotopic (exact) mass is 242 g/mol. The molecule has 2 fully saturated rings. The third kappa shape index (κ3) is 3.65. The van der Waals surface area contributed by atoms with Crippen LogP contribution in [0.1, 0.15) is 19.3 Å². The quantitative estimate of drug-likeness (QED) is 0.771. The minimum atomic E-state index is 0.208. The summed E-state index contributed by atoms with van der Waals surface area (Å²) in [5.41, 5.74) is 6.13. The fourth-order valence-electron chi connectivity index (χ4n) is 3.01. The molecule has 0 radical (unpaired) electrons. The predicted molar refractivity (Wildman–Crippen MR) is 68.0 cm³/mol. The average Bonchev–Trinajstić information content (AvgIpc) is 2.79. The van der Waals surface area contributed by atoms with Crippen molar-refractivity contribution < 1.29 is 9.47 Å². The van der Waals surface area contributed by atoms with Gasteiger partial charge in [0.2, 0.25) is 0 Å². The first-order valence-corrected chi connectivity index (χ1v) is 6.78. The van der Waals surface area contributed by atoms with E-state index in [-0.39, 0.29) is 5.41 Å². The molecule has 1 unspecified atom stereocenters. The average molecular weight is 242 g/mol. The van der Waals surface area contributed by atoms with Gasteiger partial charge in [-0.15, -0.1) is 0 Å². The highest BCUT2D eigenvalue weighted by molar-refractivity contribution is 4.87. The lowest BCUT2D eigenvalue weighted by molar-refractivity contribution is 0.0482. The molecule has 4 heteroatoms. The second kappa shape index (κ2) is 6.14. The van der Waals surface area contributed by atoms with E-state index < -0.39 is 0 Å². The Hall–Kier alpha value is -0.160. The molecule has 2 aliphatic heterocycles. The van der Waals surface area contributed by atoms with Gasteiger partial charge in [-0.1, -0.05) is 0 Å². The molecule has 100 valence electrons. The van der Waals surface area contributed by atoms with E-state index in [1.807, 2.05) is 0 Å². The van der Waals surface area contributed by atoms with E-state index in [0.717, 1.165) is 51.9 Å². The third-order valence-electron chi connectivity index (χ3n) is 4.13. The molecular weight excluding hydrogens is 216 g/mol. The Balaban J connectivity index is 1.77. The van der Waals surface area contributed by atoms with Crippen molar-refractivity contribution in [3.63, 3.8) is 0 Å². The van der Waals surface area contributed by atoms with Crippen molar-refractivity contribution in [1.82, 2.24) is 4.90 Å². The number of nitrogens with two attached hydrogens (primary N) is 1. The van der Waals surface area contributed by atoms with Crippen molar-refractivity contribution in [2.45, 2.75) is 19.3 Å². The van der Waals surface area contributed by atoms with Gasteiger partial charge in [-0.25, -0.2) is 0 Å². The van der Waals surface area contributed by atoms with E-state index in [9.17, 15) is 0 Å². The van der Waals surface area contributed by atoms with Gasteiger partial charge in [0.25, 0.3) is 0 Å². The lowest BCUT2D eigenvalue weighted by Crippen LogP contribution is -2.43. The number of ether oxygens (including phenoxy) is 2. The maximum atomic E-state index is 5.92. The topological polar surface area (TPSA) is 47.7 Å². The lowest BCUT2D eigenvalue weighted by Gasteiger charge is -2.34. The Kier molecular flexibility index (Phi) is 4.79. The molecular formula is C13H26N2O2. The molecule has 4 nitrogen and oxygen atoms in total. The minimum absolute atomic E-state index is 0.208. The van der Waals surface area contributed by atoms with Crippen molar-refractivity contribution in [3.05, 3.63) is 0 Å². The first-order chi connectivity index (χ1) is 8.24. The Morgan fingerprint density at radius 3 is 2.59 bits per heavy atom. The van der Waals surface area contributed by atoms with Gasteiger partial charge >= 0.3 is 0 Å². The number of hydrogen-bond donors (Lipinski definition) is 1. The fraction of sp³-hybridized carbons (Fsp3) is 1.00. The maximum Gasteiger partial charge on any atom is 0.0547 e. The summed E-state index contributed by atoms with van der Waals surface area (Å²) in [4.78, 5) is 2.44. The van der Waals surface area contributed by atoms with Crippen LogP contribution in [0.5, 0.6) is 0 Å². The van der Waals surface area contributed by atoms with Crippen LogP contribution in [0, 0.1) is 11.3 Å². The van der Waals surface area contributed by atoms with E-state index in [0.29, 0.717) is 0 Å². The summed E-state index contributed by atoms with van der Waals surface area (Å²) in [6.07, 6.45) is 3.52. The minimum Gasteiger partial charge on any atom is -0.381 e. The van der Waals surface area contributed by atoms with Crippen molar-refractivity contribution in [1.29, 1.82) is 0 Å². The highest BCUT2D eigenvalue weighted by atomic mass is 16.5. The molecule has 0 amide bonds. The number of hydrogen-bond acceptors (Lipinski definition) is 4. The molecule has 0 aromatic heterocycles. The second-order valence-electron chi connectivity index (χ2n) is 5.76. The van der Waals surface area contributed by atoms with Crippen LogP contribution in [0.2, 0.25) is 0 Å². The van der Waals surface area contributed by atoms with Crippen LogP contribution in [-0.2, 0) is 9.47 Å². The molecule has 2 aliphatic rings. The van der Waals surface area contributed by atoms with E-state index >= 15 is 0 Å². The molecule has 0 saturated carbocycles. The van der Waals surface area contributed by atoms with Crippen LogP contribution in [0.3, 0.4) is 0 Å². The number of nitrogens with zero attached hydrogens (tertiary/aromatic N) is 1. The first-order valence-electron chi connectivity index (χ1n) is 6.78. The van der Waals surface area contributed by atoms with Gasteiger partial charge in [-0.05, 0) is 32.2 Å². The second-order valence-corrected chi connectivity index (χ2v) is 5.76. The molecule has 17 heavy (non-hydrogen) atoms. The van der Waals surface area contributed by atoms with Crippen molar-refractivity contribution in [3.8, 4) is 0 Å². The summed E-state index contributed by atoms with van der Waals surface area (Å²) in [7, 11) is 2.21. The predicted octanol–water partition coefficient (Wildman–Crippen LogP) is 0.710. The first kappa shape index (κ1) is 13.3. The summed E-state index contributed by atoms with van der Waals surface area (Å²) in [5.74, 6) is 0.797. The zero-order valence-corrected chi connectivity index (χ0v) is 11.0. The van der Waals surface area contributed by atoms with Crippen LogP contribution in [0.25, 0.3) is 0 Å². The highest BCUT2D eigenvalue weighted by Crippen LogP contribution is 2.28. The highest BCUT2D eigenvalue weighted by Gasteiger charge is 2.35. The van der Waals surface area contributed by atoms with Crippen molar-refractivity contribution >= 4 is 0 Å². The smallest absolute Gasteiger partial charge is 0.0547 e. The molecule has 2 N–H and O–H groups in total. The largest absolute Gasteiger partial charge is 0.381 e. The van der Waals surface area contributed by atoms with Gasteiger partial charge in [0.15, 0.2) is 0 Å². The van der Waals surface area contributed by atoms with Gasteiger partial charge < -0.3 is 20.1 Å². The van der Waals surface area contributed by atoms with Gasteiger partial charge in [-0.2, -0.15) is 0 Å². The van der Waals surface area contributed by atoms with Crippen molar-refractivity contribution in [2.24, 2.45) is 17.1 Å². The molecule has 0 bridgehead atoms. The van der Waals surface area contributed by atoms with Crippen LogP contribution in [-0.4, -0.2) is 58.0 Å². The van der Waals surface area contributed by atoms with E-state index in [1.54, 1.807) is 0 Å². The van der Waals surface area contributed by atoms with Gasteiger partial charge in [0, 0.05) is 44.9 Å². The van der Waals surface area contributed by atoms with Gasteiger partial charge in [-0.3, -0.25) is 0 Å². The Morgan fingerprint density at radius 2 is 2.00 bits per heavy atom. The SMILES string of the molecule is CN(CC1CCOCC1)CC1(CN)CCOC1. The van der Waals surface area contributed by atoms with Crippen LogP contribution in [0.4, 0.5) is 0 Å². The van der Waals surface area contributed by atoms with E-state index in [1.165, 1.54) is 19.4 Å². The molecule has 2 saturated heterocycles. The Labute approximate surface area is 104 Å². The summed E-state index contributed by atoms with van der Waals surface area (Å²) < 4.78 is 10.9. The zero-order chi connectivity index (χ0) is 12.1. The molecule has 0 aromatic rings. The zero-order valence-electron chi connectivity index (χ0n) is 11.0. The standard InChI is InChI=1S/C13H26N2O2/c1-15(8-12-2-5-16-6-3-12)10-13(9-14)4-7-17-11-13/h12H,2-11,14H2,1H3. The molecule has 1 atom stereocenters. The number of rotatable bonds is 5. The molecule has 0 spiro atoms. The normalized spacial score (nSPS) is 31.2. The van der Waals surface area contributed by atoms with E-state index in [4.69, 9.17) is 15.2 Å². The maximum absolute atomic E-state index is 5.92. The van der Waals surface area contributed by atoms with Gasteiger partial charge in [0.05, 0.1) is 6.61 Å². The molecule has 2 rings (SSSR count). The summed E-state index contributed by atoms with van der Waals surface area (Å²) in [5, 5.41) is 0. The van der Waals surface area contributed by atoms with Crippen LogP contribution in [0.15, 0.2) is 0 Å². The molecule has 0 aromatic carbocycles. The Morgan fingerprint density at radius 1 is 1.24 bits per heavy atom.